The van der Waals surface area contributed by atoms with Crippen molar-refractivity contribution in [3.05, 3.63) is 69.9 Å². The van der Waals surface area contributed by atoms with Gasteiger partial charge in [-0.25, -0.2) is 9.18 Å². The molecule has 1 saturated heterocycles. The Labute approximate surface area is 193 Å². The van der Waals surface area contributed by atoms with E-state index in [4.69, 9.17) is 31.4 Å². The molecule has 6 nitrogen and oxygen atoms in total. The summed E-state index contributed by atoms with van der Waals surface area (Å²) in [6.07, 6.45) is 1.01. The normalized spacial score (nSPS) is 17.3. The van der Waals surface area contributed by atoms with Crippen LogP contribution in [0.4, 0.5) is 14.9 Å². The molecule has 0 atom stereocenters. The van der Waals surface area contributed by atoms with Crippen molar-refractivity contribution >= 4 is 36.6 Å². The van der Waals surface area contributed by atoms with Gasteiger partial charge in [0.15, 0.2) is 0 Å². The topological polar surface area (TPSA) is 82.8 Å². The third-order valence-corrected chi connectivity index (χ3v) is 5.99. The quantitative estimate of drug-likeness (QED) is 0.468. The van der Waals surface area contributed by atoms with E-state index in [2.05, 4.69) is 5.32 Å². The maximum atomic E-state index is 13.9. The first kappa shape index (κ1) is 24.1. The molecule has 0 spiro atoms. The zero-order valence-electron chi connectivity index (χ0n) is 18.6. The number of nitrogen functional groups attached to an aromatic ring is 1. The summed E-state index contributed by atoms with van der Waals surface area (Å²) in [5, 5.41) is 2.79. The Morgan fingerprint density at radius 2 is 1.81 bits per heavy atom. The van der Waals surface area contributed by atoms with Crippen molar-refractivity contribution < 1.29 is 23.2 Å². The third kappa shape index (κ3) is 5.62. The predicted molar refractivity (Wildman–Crippen MR) is 125 cm³/mol. The molecule has 1 amide bonds. The molecule has 32 heavy (non-hydrogen) atoms. The van der Waals surface area contributed by atoms with Crippen LogP contribution >= 0.6 is 11.6 Å². The van der Waals surface area contributed by atoms with E-state index in [-0.39, 0.29) is 23.9 Å². The lowest BCUT2D eigenvalue weighted by Crippen LogP contribution is -2.41. The molecule has 3 rings (SSSR count). The number of nitrogens with one attached hydrogen (secondary N) is 1. The Kier molecular flexibility index (Phi) is 7.17. The standard InChI is InChI=1S/C23H27BClFN2O4/c1-22(2)23(3,4)32-24(31-22)17(10-16-11-18(26)12-19(25)20(16)27)13-28-21(29)30-14-15-8-6-5-7-9-15/h5-12H,13-14,27H2,1-4H3,(H,28,29). The Hall–Kier alpha value is -2.55. The Bertz CT molecular complexity index is 999. The van der Waals surface area contributed by atoms with Crippen LogP contribution in [0.5, 0.6) is 0 Å². The number of rotatable bonds is 6. The summed E-state index contributed by atoms with van der Waals surface area (Å²) in [4.78, 5) is 12.3. The van der Waals surface area contributed by atoms with Gasteiger partial charge >= 0.3 is 13.2 Å². The second-order valence-corrected chi connectivity index (χ2v) is 9.02. The minimum Gasteiger partial charge on any atom is -0.445 e. The first-order valence-corrected chi connectivity index (χ1v) is 10.6. The SMILES string of the molecule is CC1(C)OB(C(=Cc2cc(F)cc(Cl)c2N)CNC(=O)OCc2ccccc2)OC1(C)C. The molecule has 0 saturated carbocycles. The van der Waals surface area contributed by atoms with E-state index in [9.17, 15) is 9.18 Å². The lowest BCUT2D eigenvalue weighted by molar-refractivity contribution is 0.00578. The highest BCUT2D eigenvalue weighted by Crippen LogP contribution is 2.39. The Balaban J connectivity index is 1.79. The number of anilines is 1. The molecule has 0 radical (unpaired) electrons. The summed E-state index contributed by atoms with van der Waals surface area (Å²) >= 11 is 6.03. The van der Waals surface area contributed by atoms with Crippen LogP contribution in [0.15, 0.2) is 47.9 Å². The average Bonchev–Trinajstić information content (AvgIpc) is 2.94. The van der Waals surface area contributed by atoms with Crippen molar-refractivity contribution in [2.45, 2.75) is 45.5 Å². The van der Waals surface area contributed by atoms with Crippen LogP contribution < -0.4 is 11.1 Å². The number of ether oxygens (including phenoxy) is 1. The van der Waals surface area contributed by atoms with Gasteiger partial charge < -0.3 is 25.1 Å². The smallest absolute Gasteiger partial charge is 0.445 e. The van der Waals surface area contributed by atoms with Crippen molar-refractivity contribution in [3.63, 3.8) is 0 Å². The van der Waals surface area contributed by atoms with Crippen LogP contribution in [-0.2, 0) is 20.7 Å². The van der Waals surface area contributed by atoms with Gasteiger partial charge in [0.05, 0.1) is 21.9 Å². The van der Waals surface area contributed by atoms with E-state index in [1.165, 1.54) is 6.07 Å². The number of hydrogen-bond acceptors (Lipinski definition) is 5. The van der Waals surface area contributed by atoms with Gasteiger partial charge in [-0.1, -0.05) is 48.0 Å². The summed E-state index contributed by atoms with van der Waals surface area (Å²) in [5.74, 6) is -0.529. The summed E-state index contributed by atoms with van der Waals surface area (Å²) in [5.41, 5.74) is 6.81. The zero-order valence-corrected chi connectivity index (χ0v) is 19.3. The zero-order chi connectivity index (χ0) is 23.5. The Morgan fingerprint density at radius 1 is 1.19 bits per heavy atom. The largest absolute Gasteiger partial charge is 0.492 e. The molecule has 0 aromatic heterocycles. The molecule has 2 aromatic carbocycles. The van der Waals surface area contributed by atoms with Crippen molar-refractivity contribution in [2.24, 2.45) is 0 Å². The summed E-state index contributed by atoms with van der Waals surface area (Å²) in [7, 11) is -0.782. The molecule has 3 N–H and O–H groups in total. The molecule has 1 aliphatic rings. The van der Waals surface area contributed by atoms with Crippen molar-refractivity contribution in [3.8, 4) is 0 Å². The molecule has 1 fully saturated rings. The van der Waals surface area contributed by atoms with Crippen molar-refractivity contribution in [2.75, 3.05) is 12.3 Å². The number of amides is 1. The van der Waals surface area contributed by atoms with Gasteiger partial charge in [-0.05, 0) is 50.9 Å². The first-order valence-electron chi connectivity index (χ1n) is 10.2. The van der Waals surface area contributed by atoms with E-state index in [1.807, 2.05) is 58.0 Å². The predicted octanol–water partition coefficient (Wildman–Crippen LogP) is 5.00. The summed E-state index contributed by atoms with van der Waals surface area (Å²) in [6.45, 7) is 7.84. The molecule has 0 aliphatic carbocycles. The molecule has 1 aliphatic heterocycles. The monoisotopic (exact) mass is 460 g/mol. The molecule has 170 valence electrons. The van der Waals surface area contributed by atoms with Gasteiger partial charge in [0.1, 0.15) is 12.4 Å². The minimum atomic E-state index is -0.782. The number of halogens is 2. The van der Waals surface area contributed by atoms with Crippen LogP contribution in [0.2, 0.25) is 5.02 Å². The second kappa shape index (κ2) is 9.52. The fraction of sp³-hybridized carbons (Fsp3) is 0.348. The van der Waals surface area contributed by atoms with Gasteiger partial charge in [-0.3, -0.25) is 0 Å². The van der Waals surface area contributed by atoms with Crippen LogP contribution in [-0.4, -0.2) is 31.0 Å². The molecule has 0 unspecified atom stereocenters. The van der Waals surface area contributed by atoms with E-state index >= 15 is 0 Å². The van der Waals surface area contributed by atoms with Crippen molar-refractivity contribution in [1.29, 1.82) is 0 Å². The molecule has 9 heteroatoms. The first-order chi connectivity index (χ1) is 15.0. The highest BCUT2D eigenvalue weighted by molar-refractivity contribution is 6.56. The molecule has 1 heterocycles. The number of benzene rings is 2. The molecule has 2 aromatic rings. The molecule has 0 bridgehead atoms. The van der Waals surface area contributed by atoms with Crippen LogP contribution in [0.25, 0.3) is 6.08 Å². The average molecular weight is 461 g/mol. The maximum Gasteiger partial charge on any atom is 0.492 e. The third-order valence-electron chi connectivity index (χ3n) is 5.67. The van der Waals surface area contributed by atoms with Crippen LogP contribution in [0.1, 0.15) is 38.8 Å². The van der Waals surface area contributed by atoms with Gasteiger partial charge in [-0.2, -0.15) is 0 Å². The number of carbonyl (C=O) groups excluding carboxylic acids is 1. The Morgan fingerprint density at radius 3 is 2.44 bits per heavy atom. The van der Waals surface area contributed by atoms with Crippen LogP contribution in [0.3, 0.4) is 0 Å². The lowest BCUT2D eigenvalue weighted by Gasteiger charge is -2.32. The number of alkyl carbamates (subject to hydrolysis) is 1. The van der Waals surface area contributed by atoms with E-state index < -0.39 is 30.2 Å². The minimum absolute atomic E-state index is 0.0397. The van der Waals surface area contributed by atoms with Crippen molar-refractivity contribution in [1.82, 2.24) is 5.32 Å². The van der Waals surface area contributed by atoms with Gasteiger partial charge in [0, 0.05) is 12.1 Å². The number of nitrogens with two attached hydrogens (primary N) is 1. The van der Waals surface area contributed by atoms with E-state index in [1.54, 1.807) is 6.08 Å². The maximum absolute atomic E-state index is 13.9. The molecular weight excluding hydrogens is 434 g/mol. The van der Waals surface area contributed by atoms with Crippen LogP contribution in [0, 0.1) is 5.82 Å². The van der Waals surface area contributed by atoms with Gasteiger partial charge in [0.2, 0.25) is 0 Å². The van der Waals surface area contributed by atoms with Gasteiger partial charge in [0.25, 0.3) is 0 Å². The second-order valence-electron chi connectivity index (χ2n) is 8.61. The lowest BCUT2D eigenvalue weighted by atomic mass is 9.77. The highest BCUT2D eigenvalue weighted by Gasteiger charge is 2.52. The fourth-order valence-electron chi connectivity index (χ4n) is 3.07. The van der Waals surface area contributed by atoms with E-state index in [0.29, 0.717) is 11.0 Å². The number of hydrogen-bond donors (Lipinski definition) is 2. The molecular formula is C23H27BClFN2O4. The van der Waals surface area contributed by atoms with E-state index in [0.717, 1.165) is 11.6 Å². The highest BCUT2D eigenvalue weighted by atomic mass is 35.5. The number of carbonyl (C=O) groups is 1. The van der Waals surface area contributed by atoms with Gasteiger partial charge in [-0.15, -0.1) is 0 Å². The summed E-state index contributed by atoms with van der Waals surface area (Å²) in [6, 6.07) is 11.7. The summed E-state index contributed by atoms with van der Waals surface area (Å²) < 4.78 is 31.4. The fourth-order valence-corrected chi connectivity index (χ4v) is 3.28.